The molecule has 0 aliphatic carbocycles. The van der Waals surface area contributed by atoms with Gasteiger partial charge in [0, 0.05) is 42.9 Å². The summed E-state index contributed by atoms with van der Waals surface area (Å²) < 4.78 is 13.2. The number of fused-ring (bicyclic) bond motifs is 3. The fourth-order valence-corrected chi connectivity index (χ4v) is 6.11. The first-order valence-electron chi connectivity index (χ1n) is 10.8. The molecule has 3 atom stereocenters. The molecule has 1 aromatic heterocycles. The van der Waals surface area contributed by atoms with Crippen LogP contribution in [0.5, 0.6) is 11.5 Å². The van der Waals surface area contributed by atoms with Crippen molar-refractivity contribution in [1.29, 1.82) is 0 Å². The SMILES string of the molecule is C=CCn1cc(CN2C[C@H](c3ccc4c(c3)OCO4)[C@H]3[C@@H]2C2CCN3CC2)cn1. The standard InChI is InChI=1S/C23H28N4O2/c1-2-7-27-13-16(11-24-27)12-26-14-19(18-3-4-20-21(10-18)29-15-28-20)23-22(26)17-5-8-25(23)9-6-17/h2-4,10-11,13,17,19,22-23H,1,5-9,12,14-15H2/t19-,22+,23+/m1/s1. The first kappa shape index (κ1) is 17.5. The Balaban J connectivity index is 1.31. The van der Waals surface area contributed by atoms with Gasteiger partial charge in [0.2, 0.25) is 6.79 Å². The van der Waals surface area contributed by atoms with Crippen LogP contribution in [0.2, 0.25) is 0 Å². The average molecular weight is 393 g/mol. The molecule has 0 unspecified atom stereocenters. The molecule has 6 heterocycles. The number of aromatic nitrogens is 2. The van der Waals surface area contributed by atoms with Crippen LogP contribution in [0.3, 0.4) is 0 Å². The second kappa shape index (κ2) is 6.89. The van der Waals surface area contributed by atoms with Crippen molar-refractivity contribution in [2.75, 3.05) is 26.4 Å². The molecule has 1 aromatic carbocycles. The van der Waals surface area contributed by atoms with Crippen molar-refractivity contribution in [3.05, 3.63) is 54.4 Å². The van der Waals surface area contributed by atoms with E-state index in [2.05, 4.69) is 45.9 Å². The summed E-state index contributed by atoms with van der Waals surface area (Å²) in [7, 11) is 0. The Hall–Kier alpha value is -2.31. The number of hydrogen-bond acceptors (Lipinski definition) is 5. The first-order chi connectivity index (χ1) is 14.3. The molecule has 0 amide bonds. The largest absolute Gasteiger partial charge is 0.454 e. The highest BCUT2D eigenvalue weighted by molar-refractivity contribution is 5.46. The molecule has 2 aromatic rings. The predicted octanol–water partition coefficient (Wildman–Crippen LogP) is 2.86. The highest BCUT2D eigenvalue weighted by Crippen LogP contribution is 2.48. The molecule has 7 rings (SSSR count). The lowest BCUT2D eigenvalue weighted by molar-refractivity contribution is -0.00870. The van der Waals surface area contributed by atoms with Crippen molar-refractivity contribution < 1.29 is 9.47 Å². The average Bonchev–Trinajstić information content (AvgIpc) is 3.48. The minimum Gasteiger partial charge on any atom is -0.454 e. The van der Waals surface area contributed by atoms with Crippen LogP contribution in [0.4, 0.5) is 0 Å². The number of benzene rings is 1. The Labute approximate surface area is 171 Å². The minimum atomic E-state index is 0.338. The van der Waals surface area contributed by atoms with E-state index in [1.165, 1.54) is 37.1 Å². The summed E-state index contributed by atoms with van der Waals surface area (Å²) in [5, 5.41) is 4.49. The number of allylic oxidation sites excluding steroid dienone is 1. The van der Waals surface area contributed by atoms with Crippen molar-refractivity contribution in [3.63, 3.8) is 0 Å². The Kier molecular flexibility index (Phi) is 4.16. The summed E-state index contributed by atoms with van der Waals surface area (Å²) >= 11 is 0. The molecule has 5 aliphatic rings. The molecule has 5 aliphatic heterocycles. The van der Waals surface area contributed by atoms with Gasteiger partial charge in [-0.3, -0.25) is 14.5 Å². The van der Waals surface area contributed by atoms with Gasteiger partial charge in [0.05, 0.1) is 12.7 Å². The molecular formula is C23H28N4O2. The third-order valence-corrected chi connectivity index (χ3v) is 7.31. The number of nitrogens with zero attached hydrogens (tertiary/aromatic N) is 4. The second-order valence-electron chi connectivity index (χ2n) is 8.86. The lowest BCUT2D eigenvalue weighted by Crippen LogP contribution is -2.59. The summed E-state index contributed by atoms with van der Waals surface area (Å²) in [6.45, 7) is 9.49. The van der Waals surface area contributed by atoms with Gasteiger partial charge in [0.1, 0.15) is 0 Å². The summed E-state index contributed by atoms with van der Waals surface area (Å²) in [5.74, 6) is 3.10. The Morgan fingerprint density at radius 3 is 2.86 bits per heavy atom. The molecule has 0 spiro atoms. The number of ether oxygens (including phenoxy) is 2. The lowest BCUT2D eigenvalue weighted by Gasteiger charge is -2.51. The molecule has 6 heteroatoms. The second-order valence-corrected chi connectivity index (χ2v) is 8.86. The van der Waals surface area contributed by atoms with Gasteiger partial charge in [-0.25, -0.2) is 0 Å². The van der Waals surface area contributed by atoms with Gasteiger partial charge in [-0.2, -0.15) is 5.10 Å². The summed E-state index contributed by atoms with van der Waals surface area (Å²) in [4.78, 5) is 5.48. The van der Waals surface area contributed by atoms with E-state index in [0.717, 1.165) is 37.1 Å². The Bertz CT molecular complexity index is 917. The summed E-state index contributed by atoms with van der Waals surface area (Å²) in [5.41, 5.74) is 2.69. The van der Waals surface area contributed by atoms with Crippen molar-refractivity contribution in [2.24, 2.45) is 5.92 Å². The molecule has 29 heavy (non-hydrogen) atoms. The van der Waals surface area contributed by atoms with E-state index in [0.29, 0.717) is 24.8 Å². The highest BCUT2D eigenvalue weighted by Gasteiger charge is 2.53. The third kappa shape index (κ3) is 2.89. The first-order valence-corrected chi connectivity index (χ1v) is 10.8. The maximum absolute atomic E-state index is 5.68. The maximum atomic E-state index is 5.68. The van der Waals surface area contributed by atoms with E-state index in [1.54, 1.807) is 0 Å². The Morgan fingerprint density at radius 1 is 1.14 bits per heavy atom. The molecule has 2 bridgehead atoms. The van der Waals surface area contributed by atoms with Crippen LogP contribution < -0.4 is 9.47 Å². The van der Waals surface area contributed by atoms with E-state index in [1.807, 2.05) is 17.0 Å². The van der Waals surface area contributed by atoms with Crippen LogP contribution in [0, 0.1) is 5.92 Å². The van der Waals surface area contributed by atoms with Gasteiger partial charge in [-0.05, 0) is 49.5 Å². The highest BCUT2D eigenvalue weighted by atomic mass is 16.7. The van der Waals surface area contributed by atoms with Gasteiger partial charge in [0.15, 0.2) is 11.5 Å². The van der Waals surface area contributed by atoms with Crippen molar-refractivity contribution in [2.45, 2.75) is 43.9 Å². The fraction of sp³-hybridized carbons (Fsp3) is 0.522. The number of piperidine rings is 3. The van der Waals surface area contributed by atoms with Crippen molar-refractivity contribution in [3.8, 4) is 11.5 Å². The zero-order valence-electron chi connectivity index (χ0n) is 16.7. The predicted molar refractivity (Wildman–Crippen MR) is 110 cm³/mol. The van der Waals surface area contributed by atoms with E-state index in [4.69, 9.17) is 9.47 Å². The Morgan fingerprint density at radius 2 is 2.00 bits per heavy atom. The van der Waals surface area contributed by atoms with Crippen LogP contribution in [0.1, 0.15) is 29.9 Å². The van der Waals surface area contributed by atoms with E-state index in [-0.39, 0.29) is 0 Å². The van der Waals surface area contributed by atoms with E-state index >= 15 is 0 Å². The van der Waals surface area contributed by atoms with E-state index in [9.17, 15) is 0 Å². The molecule has 4 saturated heterocycles. The normalized spacial score (nSPS) is 32.5. The monoisotopic (exact) mass is 392 g/mol. The topological polar surface area (TPSA) is 42.8 Å². The van der Waals surface area contributed by atoms with Gasteiger partial charge in [0.25, 0.3) is 0 Å². The molecule has 0 radical (unpaired) electrons. The van der Waals surface area contributed by atoms with Crippen LogP contribution >= 0.6 is 0 Å². The maximum Gasteiger partial charge on any atom is 0.231 e. The van der Waals surface area contributed by atoms with Gasteiger partial charge < -0.3 is 9.47 Å². The van der Waals surface area contributed by atoms with Crippen molar-refractivity contribution >= 4 is 0 Å². The quantitative estimate of drug-likeness (QED) is 0.732. The smallest absolute Gasteiger partial charge is 0.231 e. The molecule has 0 N–H and O–H groups in total. The van der Waals surface area contributed by atoms with Crippen LogP contribution in [0.15, 0.2) is 43.2 Å². The number of rotatable bonds is 5. The molecular weight excluding hydrogens is 364 g/mol. The van der Waals surface area contributed by atoms with Crippen LogP contribution in [-0.2, 0) is 13.1 Å². The molecule has 152 valence electrons. The van der Waals surface area contributed by atoms with Crippen LogP contribution in [-0.4, -0.2) is 58.1 Å². The summed E-state index contributed by atoms with van der Waals surface area (Å²) in [6, 6.07) is 7.80. The molecule has 0 saturated carbocycles. The third-order valence-electron chi connectivity index (χ3n) is 7.31. The number of likely N-dealkylation sites (tertiary alicyclic amines) is 1. The minimum absolute atomic E-state index is 0.338. The zero-order chi connectivity index (χ0) is 19.4. The van der Waals surface area contributed by atoms with Gasteiger partial charge in [-0.15, -0.1) is 6.58 Å². The zero-order valence-corrected chi connectivity index (χ0v) is 16.7. The van der Waals surface area contributed by atoms with Crippen LogP contribution in [0.25, 0.3) is 0 Å². The van der Waals surface area contributed by atoms with Gasteiger partial charge >= 0.3 is 0 Å². The molecule has 6 nitrogen and oxygen atoms in total. The molecule has 4 fully saturated rings. The number of hydrogen-bond donors (Lipinski definition) is 0. The van der Waals surface area contributed by atoms with E-state index < -0.39 is 0 Å². The fourth-order valence-electron chi connectivity index (χ4n) is 6.11. The lowest BCUT2D eigenvalue weighted by atomic mass is 9.75. The van der Waals surface area contributed by atoms with Gasteiger partial charge in [-0.1, -0.05) is 12.1 Å². The van der Waals surface area contributed by atoms with Crippen molar-refractivity contribution in [1.82, 2.24) is 19.6 Å². The summed E-state index contributed by atoms with van der Waals surface area (Å²) in [6.07, 6.45) is 8.76.